The lowest BCUT2D eigenvalue weighted by molar-refractivity contribution is -0.138. The van der Waals surface area contributed by atoms with Crippen LogP contribution in [0.1, 0.15) is 17.9 Å². The number of nitrogens with zero attached hydrogens (tertiary/aromatic N) is 1. The quantitative estimate of drug-likeness (QED) is 0.737. The van der Waals surface area contributed by atoms with Crippen LogP contribution < -0.4 is 0 Å². The molecule has 2 atom stereocenters. The first-order valence-corrected chi connectivity index (χ1v) is 4.40. The summed E-state index contributed by atoms with van der Waals surface area (Å²) in [6.07, 6.45) is 2.32. The fraction of sp³-hybridized carbons (Fsp3) is 0.333. The third kappa shape index (κ3) is 1.65. The monoisotopic (exact) mass is 197 g/mol. The Kier molecular flexibility index (Phi) is 1.96. The summed E-state index contributed by atoms with van der Waals surface area (Å²) >= 11 is 5.69. The number of carboxylic acid groups (broad SMARTS) is 1. The van der Waals surface area contributed by atoms with Crippen molar-refractivity contribution in [3.05, 3.63) is 29.0 Å². The van der Waals surface area contributed by atoms with E-state index in [1.807, 2.05) is 6.07 Å². The van der Waals surface area contributed by atoms with Gasteiger partial charge in [-0.15, -0.1) is 0 Å². The first-order valence-electron chi connectivity index (χ1n) is 4.03. The predicted octanol–water partition coefficient (Wildman–Crippen LogP) is 1.92. The van der Waals surface area contributed by atoms with E-state index in [4.69, 9.17) is 16.7 Å². The standard InChI is InChI=1S/C9H8ClNO2/c10-8-3-5(1-2-11-8)6-4-7(6)9(12)13/h1-3,6-7H,4H2,(H,12,13). The van der Waals surface area contributed by atoms with Crippen LogP contribution >= 0.6 is 11.6 Å². The molecule has 1 aliphatic carbocycles. The summed E-state index contributed by atoms with van der Waals surface area (Å²) < 4.78 is 0. The largest absolute Gasteiger partial charge is 0.481 e. The van der Waals surface area contributed by atoms with Crippen LogP contribution in [0, 0.1) is 5.92 Å². The van der Waals surface area contributed by atoms with Crippen molar-refractivity contribution in [2.75, 3.05) is 0 Å². The molecule has 3 nitrogen and oxygen atoms in total. The van der Waals surface area contributed by atoms with Crippen molar-refractivity contribution in [2.45, 2.75) is 12.3 Å². The van der Waals surface area contributed by atoms with Gasteiger partial charge in [-0.3, -0.25) is 4.79 Å². The maximum Gasteiger partial charge on any atom is 0.307 e. The van der Waals surface area contributed by atoms with Gasteiger partial charge in [0.25, 0.3) is 0 Å². The Morgan fingerprint density at radius 1 is 1.69 bits per heavy atom. The Bertz CT molecular complexity index is 353. The number of carbonyl (C=O) groups is 1. The highest BCUT2D eigenvalue weighted by atomic mass is 35.5. The van der Waals surface area contributed by atoms with E-state index in [2.05, 4.69) is 4.98 Å². The van der Waals surface area contributed by atoms with Crippen LogP contribution in [0.3, 0.4) is 0 Å². The number of rotatable bonds is 2. The number of aromatic nitrogens is 1. The number of hydrogen-bond acceptors (Lipinski definition) is 2. The lowest BCUT2D eigenvalue weighted by Gasteiger charge is -1.97. The third-order valence-corrected chi connectivity index (χ3v) is 2.49. The molecule has 0 spiro atoms. The Labute approximate surface area is 80.4 Å². The SMILES string of the molecule is O=C(O)C1CC1c1ccnc(Cl)c1. The number of hydrogen-bond donors (Lipinski definition) is 1. The molecular weight excluding hydrogens is 190 g/mol. The maximum absolute atomic E-state index is 10.6. The highest BCUT2D eigenvalue weighted by molar-refractivity contribution is 6.29. The Balaban J connectivity index is 2.16. The van der Waals surface area contributed by atoms with Gasteiger partial charge in [0.1, 0.15) is 5.15 Å². The fourth-order valence-electron chi connectivity index (χ4n) is 1.48. The number of halogens is 1. The van der Waals surface area contributed by atoms with Gasteiger partial charge in [-0.25, -0.2) is 4.98 Å². The van der Waals surface area contributed by atoms with E-state index < -0.39 is 5.97 Å². The van der Waals surface area contributed by atoms with E-state index in [-0.39, 0.29) is 11.8 Å². The molecule has 1 aliphatic rings. The van der Waals surface area contributed by atoms with Gasteiger partial charge in [-0.05, 0) is 30.0 Å². The van der Waals surface area contributed by atoms with Gasteiger partial charge in [0, 0.05) is 6.20 Å². The molecule has 1 aromatic rings. The van der Waals surface area contributed by atoms with Gasteiger partial charge in [0.15, 0.2) is 0 Å². The van der Waals surface area contributed by atoms with Crippen LogP contribution in [0.25, 0.3) is 0 Å². The van der Waals surface area contributed by atoms with Crippen LogP contribution in [-0.2, 0) is 4.79 Å². The van der Waals surface area contributed by atoms with Crippen molar-refractivity contribution in [3.63, 3.8) is 0 Å². The second-order valence-corrected chi connectivity index (χ2v) is 3.59. The maximum atomic E-state index is 10.6. The van der Waals surface area contributed by atoms with Gasteiger partial charge in [0.05, 0.1) is 5.92 Å². The molecule has 2 rings (SSSR count). The van der Waals surface area contributed by atoms with Crippen molar-refractivity contribution in [1.29, 1.82) is 0 Å². The Hall–Kier alpha value is -1.09. The van der Waals surface area contributed by atoms with Gasteiger partial charge >= 0.3 is 5.97 Å². The lowest BCUT2D eigenvalue weighted by atomic mass is 10.1. The van der Waals surface area contributed by atoms with Crippen molar-refractivity contribution < 1.29 is 9.90 Å². The molecular formula is C9H8ClNO2. The predicted molar refractivity (Wildman–Crippen MR) is 47.7 cm³/mol. The summed E-state index contributed by atoms with van der Waals surface area (Å²) in [7, 11) is 0. The minimum Gasteiger partial charge on any atom is -0.481 e. The van der Waals surface area contributed by atoms with E-state index in [0.29, 0.717) is 5.15 Å². The van der Waals surface area contributed by atoms with Crippen LogP contribution in [0.15, 0.2) is 18.3 Å². The molecule has 68 valence electrons. The number of carboxylic acids is 1. The number of pyridine rings is 1. The molecule has 1 saturated carbocycles. The molecule has 13 heavy (non-hydrogen) atoms. The van der Waals surface area contributed by atoms with E-state index in [1.54, 1.807) is 12.3 Å². The highest BCUT2D eigenvalue weighted by Crippen LogP contribution is 2.47. The molecule has 1 heterocycles. The molecule has 0 amide bonds. The van der Waals surface area contributed by atoms with E-state index in [1.165, 1.54) is 0 Å². The molecule has 2 unspecified atom stereocenters. The van der Waals surface area contributed by atoms with E-state index in [9.17, 15) is 4.79 Å². The molecule has 0 aliphatic heterocycles. The highest BCUT2D eigenvalue weighted by Gasteiger charge is 2.44. The van der Waals surface area contributed by atoms with Crippen LogP contribution in [-0.4, -0.2) is 16.1 Å². The minimum atomic E-state index is -0.724. The molecule has 1 aromatic heterocycles. The molecule has 0 bridgehead atoms. The normalized spacial score (nSPS) is 25.6. The van der Waals surface area contributed by atoms with E-state index in [0.717, 1.165) is 12.0 Å². The third-order valence-electron chi connectivity index (χ3n) is 2.29. The summed E-state index contributed by atoms with van der Waals surface area (Å²) in [5, 5.41) is 9.13. The molecule has 4 heteroatoms. The molecule has 1 fully saturated rings. The summed E-state index contributed by atoms with van der Waals surface area (Å²) in [5.74, 6) is -0.811. The first-order chi connectivity index (χ1) is 6.18. The average molecular weight is 198 g/mol. The topological polar surface area (TPSA) is 50.2 Å². The summed E-state index contributed by atoms with van der Waals surface area (Å²) in [6, 6.07) is 3.55. The van der Waals surface area contributed by atoms with Gasteiger partial charge < -0.3 is 5.11 Å². The van der Waals surface area contributed by atoms with Crippen LogP contribution in [0.2, 0.25) is 5.15 Å². The zero-order valence-electron chi connectivity index (χ0n) is 6.77. The minimum absolute atomic E-state index is 0.137. The number of aliphatic carboxylic acids is 1. The summed E-state index contributed by atoms with van der Waals surface area (Å²) in [4.78, 5) is 14.4. The second kappa shape index (κ2) is 3.00. The van der Waals surface area contributed by atoms with E-state index >= 15 is 0 Å². The molecule has 0 radical (unpaired) electrons. The van der Waals surface area contributed by atoms with Crippen LogP contribution in [0.5, 0.6) is 0 Å². The second-order valence-electron chi connectivity index (χ2n) is 3.20. The van der Waals surface area contributed by atoms with Crippen molar-refractivity contribution >= 4 is 17.6 Å². The zero-order valence-corrected chi connectivity index (χ0v) is 7.53. The van der Waals surface area contributed by atoms with Crippen molar-refractivity contribution in [1.82, 2.24) is 4.98 Å². The van der Waals surface area contributed by atoms with Crippen LogP contribution in [0.4, 0.5) is 0 Å². The van der Waals surface area contributed by atoms with Crippen molar-refractivity contribution in [2.24, 2.45) is 5.92 Å². The fourth-order valence-corrected chi connectivity index (χ4v) is 1.67. The lowest BCUT2D eigenvalue weighted by Crippen LogP contribution is -1.98. The molecule has 0 aromatic carbocycles. The molecule has 1 N–H and O–H groups in total. The average Bonchev–Trinajstić information content (AvgIpc) is 2.82. The summed E-state index contributed by atoms with van der Waals surface area (Å²) in [5.41, 5.74) is 0.979. The zero-order chi connectivity index (χ0) is 9.42. The first kappa shape index (κ1) is 8.51. The van der Waals surface area contributed by atoms with Crippen molar-refractivity contribution in [3.8, 4) is 0 Å². The van der Waals surface area contributed by atoms with Gasteiger partial charge in [-0.1, -0.05) is 11.6 Å². The Morgan fingerprint density at radius 3 is 3.00 bits per heavy atom. The smallest absolute Gasteiger partial charge is 0.307 e. The summed E-state index contributed by atoms with van der Waals surface area (Å²) in [6.45, 7) is 0. The Morgan fingerprint density at radius 2 is 2.46 bits per heavy atom. The molecule has 0 saturated heterocycles. The van der Waals surface area contributed by atoms with Gasteiger partial charge in [0.2, 0.25) is 0 Å². The van der Waals surface area contributed by atoms with Gasteiger partial charge in [-0.2, -0.15) is 0 Å².